The number of aliphatic hydroxyl groups excluding tert-OH is 1. The molecule has 2 N–H and O–H groups in total. The molecule has 10 nitrogen and oxygen atoms in total. The molecule has 234 valence electrons. The average molecular weight is 622 g/mol. The molecule has 0 saturated carbocycles. The second kappa shape index (κ2) is 14.8. The molecule has 11 heteroatoms. The Morgan fingerprint density at radius 1 is 1.00 bits per heavy atom. The third-order valence-corrected chi connectivity index (χ3v) is 9.54. The minimum atomic E-state index is -3.72. The normalized spacial score (nSPS) is 20.5. The van der Waals surface area contributed by atoms with Gasteiger partial charge in [-0.2, -0.15) is 0 Å². The Labute approximate surface area is 258 Å². The molecule has 5 rings (SSSR count). The molecule has 2 heterocycles. The second-order valence-electron chi connectivity index (χ2n) is 10.8. The number of aliphatic hydroxyl groups is 1. The quantitative estimate of drug-likeness (QED) is 0.263. The van der Waals surface area contributed by atoms with Gasteiger partial charge in [-0.3, -0.25) is 9.69 Å². The monoisotopic (exact) mass is 621 g/mol. The maximum atomic E-state index is 14.2. The predicted octanol–water partition coefficient (Wildman–Crippen LogP) is 3.02. The minimum Gasteiger partial charge on any atom is -0.494 e. The van der Waals surface area contributed by atoms with Gasteiger partial charge in [0.1, 0.15) is 5.75 Å². The predicted molar refractivity (Wildman–Crippen MR) is 167 cm³/mol. The summed E-state index contributed by atoms with van der Waals surface area (Å²) in [5.41, 5.74) is -0.190. The summed E-state index contributed by atoms with van der Waals surface area (Å²) in [7, 11) is -3.72. The van der Waals surface area contributed by atoms with Crippen LogP contribution in [0.5, 0.6) is 5.75 Å². The van der Waals surface area contributed by atoms with E-state index < -0.39 is 21.5 Å². The highest BCUT2D eigenvalue weighted by Crippen LogP contribution is 2.43. The van der Waals surface area contributed by atoms with E-state index in [-0.39, 0.29) is 35.5 Å². The van der Waals surface area contributed by atoms with Crippen LogP contribution < -0.4 is 10.1 Å². The third-order valence-electron chi connectivity index (χ3n) is 7.80. The number of aliphatic imine (C=N–C) groups is 1. The first-order valence-corrected chi connectivity index (χ1v) is 16.6. The molecule has 1 saturated heterocycles. The third kappa shape index (κ3) is 7.65. The van der Waals surface area contributed by atoms with Crippen molar-refractivity contribution < 1.29 is 32.5 Å². The molecule has 3 aromatic carbocycles. The fraction of sp³-hybridized carbons (Fsp3) is 0.394. The Balaban J connectivity index is 1.47. The Bertz CT molecular complexity index is 1500. The molecule has 1 fully saturated rings. The number of hydrogen-bond donors (Lipinski definition) is 2. The molecule has 0 aromatic heterocycles. The number of nitrogens with zero attached hydrogens (tertiary/aromatic N) is 2. The van der Waals surface area contributed by atoms with Crippen molar-refractivity contribution in [2.45, 2.75) is 29.4 Å². The fourth-order valence-electron chi connectivity index (χ4n) is 5.34. The number of sulfone groups is 1. The van der Waals surface area contributed by atoms with Crippen molar-refractivity contribution in [3.63, 3.8) is 0 Å². The minimum absolute atomic E-state index is 0.0419. The first kappa shape index (κ1) is 31.6. The SMILES string of the molecule is O=C(NCCN1CCOCC1)[C@]1(CCS(=O)(=O)c2ccccc2)N=C(c2ccc(OCCCO)cc2)O[C@@H]1c1ccccc1. The molecule has 3 aromatic rings. The van der Waals surface area contributed by atoms with E-state index >= 15 is 0 Å². The van der Waals surface area contributed by atoms with Gasteiger partial charge in [0, 0.05) is 51.2 Å². The van der Waals surface area contributed by atoms with Crippen molar-refractivity contribution in [1.29, 1.82) is 0 Å². The van der Waals surface area contributed by atoms with Crippen molar-refractivity contribution in [1.82, 2.24) is 10.2 Å². The molecule has 1 amide bonds. The highest BCUT2D eigenvalue weighted by molar-refractivity contribution is 7.91. The van der Waals surface area contributed by atoms with Crippen molar-refractivity contribution >= 4 is 21.6 Å². The summed E-state index contributed by atoms with van der Waals surface area (Å²) in [5, 5.41) is 12.1. The number of benzene rings is 3. The van der Waals surface area contributed by atoms with Crippen molar-refractivity contribution in [2.75, 3.05) is 58.4 Å². The summed E-state index contributed by atoms with van der Waals surface area (Å²) in [5.74, 6) is 0.194. The zero-order chi connectivity index (χ0) is 30.8. The number of nitrogens with one attached hydrogen (secondary N) is 1. The first-order valence-electron chi connectivity index (χ1n) is 14.9. The van der Waals surface area contributed by atoms with Crippen LogP contribution in [0.2, 0.25) is 0 Å². The van der Waals surface area contributed by atoms with Gasteiger partial charge in [0.15, 0.2) is 21.5 Å². The van der Waals surface area contributed by atoms with Crippen LogP contribution in [0.1, 0.15) is 30.1 Å². The Morgan fingerprint density at radius 3 is 2.36 bits per heavy atom. The summed E-state index contributed by atoms with van der Waals surface area (Å²) >= 11 is 0. The molecule has 0 spiro atoms. The zero-order valence-corrected chi connectivity index (χ0v) is 25.5. The molecule has 2 aliphatic heterocycles. The number of amides is 1. The van der Waals surface area contributed by atoms with E-state index in [0.717, 1.165) is 18.7 Å². The topological polar surface area (TPSA) is 127 Å². The standard InChI is InChI=1S/C33H39N3O7S/c37-21-7-22-42-28-14-12-27(13-15-28)31-35-33(30(43-31)26-8-3-1-4-9-26,16-25-44(39,40)29-10-5-2-6-11-29)32(38)34-17-18-36-19-23-41-24-20-36/h1-6,8-15,30,37H,7,16-25H2,(H,34,38)/t30-,33-/m1/s1. The summed E-state index contributed by atoms with van der Waals surface area (Å²) < 4.78 is 44.5. The number of carbonyl (C=O) groups excluding carboxylic acids is 1. The Hall–Kier alpha value is -3.77. The maximum Gasteiger partial charge on any atom is 0.252 e. The van der Waals surface area contributed by atoms with Crippen LogP contribution in [-0.2, 0) is 24.1 Å². The molecule has 0 aliphatic carbocycles. The van der Waals surface area contributed by atoms with Crippen molar-refractivity contribution in [3.05, 3.63) is 96.1 Å². The number of hydrogen-bond acceptors (Lipinski definition) is 9. The molecule has 0 bridgehead atoms. The lowest BCUT2D eigenvalue weighted by molar-refractivity contribution is -0.129. The van der Waals surface area contributed by atoms with Crippen LogP contribution in [-0.4, -0.2) is 94.1 Å². The van der Waals surface area contributed by atoms with E-state index in [1.165, 1.54) is 0 Å². The van der Waals surface area contributed by atoms with Crippen LogP contribution in [0.25, 0.3) is 0 Å². The maximum absolute atomic E-state index is 14.2. The van der Waals surface area contributed by atoms with E-state index in [0.29, 0.717) is 50.6 Å². The van der Waals surface area contributed by atoms with E-state index in [2.05, 4.69) is 10.2 Å². The van der Waals surface area contributed by atoms with E-state index in [4.69, 9.17) is 24.3 Å². The van der Waals surface area contributed by atoms with Gasteiger partial charge in [0.2, 0.25) is 5.90 Å². The number of ether oxygens (including phenoxy) is 3. The molecule has 0 radical (unpaired) electrons. The molecule has 2 aliphatic rings. The van der Waals surface area contributed by atoms with Crippen LogP contribution in [0.15, 0.2) is 94.8 Å². The zero-order valence-electron chi connectivity index (χ0n) is 24.6. The van der Waals surface area contributed by atoms with E-state index in [1.807, 2.05) is 30.3 Å². The van der Waals surface area contributed by atoms with E-state index in [9.17, 15) is 13.2 Å². The largest absolute Gasteiger partial charge is 0.494 e. The molecule has 2 atom stereocenters. The Kier molecular flexibility index (Phi) is 10.6. The van der Waals surface area contributed by atoms with Crippen LogP contribution in [0.3, 0.4) is 0 Å². The van der Waals surface area contributed by atoms with Gasteiger partial charge in [-0.15, -0.1) is 0 Å². The van der Waals surface area contributed by atoms with Gasteiger partial charge in [0.05, 0.1) is 30.5 Å². The summed E-state index contributed by atoms with van der Waals surface area (Å²) in [4.78, 5) is 21.6. The number of rotatable bonds is 14. The lowest BCUT2D eigenvalue weighted by Crippen LogP contribution is -2.51. The highest BCUT2D eigenvalue weighted by Gasteiger charge is 2.53. The first-order chi connectivity index (χ1) is 21.4. The van der Waals surface area contributed by atoms with Gasteiger partial charge >= 0.3 is 0 Å². The lowest BCUT2D eigenvalue weighted by Gasteiger charge is -2.31. The lowest BCUT2D eigenvalue weighted by atomic mass is 9.85. The molecule has 44 heavy (non-hydrogen) atoms. The molecular weight excluding hydrogens is 582 g/mol. The van der Waals surface area contributed by atoms with Crippen molar-refractivity contribution in [3.8, 4) is 5.75 Å². The number of carbonyl (C=O) groups is 1. The number of morpholine rings is 1. The summed E-state index contributed by atoms with van der Waals surface area (Å²) in [6, 6.07) is 24.7. The van der Waals surface area contributed by atoms with Crippen LogP contribution >= 0.6 is 0 Å². The van der Waals surface area contributed by atoms with Gasteiger partial charge in [-0.1, -0.05) is 48.5 Å². The van der Waals surface area contributed by atoms with Gasteiger partial charge in [-0.25, -0.2) is 13.4 Å². The molecule has 0 unspecified atom stereocenters. The van der Waals surface area contributed by atoms with Gasteiger partial charge < -0.3 is 24.6 Å². The van der Waals surface area contributed by atoms with Crippen molar-refractivity contribution in [2.24, 2.45) is 4.99 Å². The second-order valence-corrected chi connectivity index (χ2v) is 12.9. The summed E-state index contributed by atoms with van der Waals surface area (Å²) in [6.07, 6.45) is -0.418. The van der Waals surface area contributed by atoms with Crippen LogP contribution in [0, 0.1) is 0 Å². The van der Waals surface area contributed by atoms with E-state index in [1.54, 1.807) is 54.6 Å². The Morgan fingerprint density at radius 2 is 1.68 bits per heavy atom. The molecular formula is C33H39N3O7S. The smallest absolute Gasteiger partial charge is 0.252 e. The fourth-order valence-corrected chi connectivity index (χ4v) is 6.73. The summed E-state index contributed by atoms with van der Waals surface area (Å²) in [6.45, 7) is 4.31. The average Bonchev–Trinajstić information content (AvgIpc) is 3.47. The van der Waals surface area contributed by atoms with Crippen LogP contribution in [0.4, 0.5) is 0 Å². The van der Waals surface area contributed by atoms with Gasteiger partial charge in [0.25, 0.3) is 5.91 Å². The highest BCUT2D eigenvalue weighted by atomic mass is 32.2. The van der Waals surface area contributed by atoms with Gasteiger partial charge in [-0.05, 0) is 42.0 Å².